The van der Waals surface area contributed by atoms with Gasteiger partial charge < -0.3 is 24.6 Å². The van der Waals surface area contributed by atoms with Gasteiger partial charge in [-0.15, -0.1) is 0 Å². The number of Topliss-reactive ketones (excluding diaryl/α,β-unsaturated/α-hetero) is 1. The first-order chi connectivity index (χ1) is 19.1. The summed E-state index contributed by atoms with van der Waals surface area (Å²) in [5, 5.41) is 5.22. The summed E-state index contributed by atoms with van der Waals surface area (Å²) in [5.74, 6) is -3.83. The van der Waals surface area contributed by atoms with Crippen LogP contribution >= 0.6 is 0 Å². The summed E-state index contributed by atoms with van der Waals surface area (Å²) >= 11 is 0. The Hall–Kier alpha value is -4.13. The monoisotopic (exact) mass is 552 g/mol. The van der Waals surface area contributed by atoms with E-state index in [1.54, 1.807) is 0 Å². The third-order valence-corrected chi connectivity index (χ3v) is 7.13. The zero-order chi connectivity index (χ0) is 28.9. The maximum atomic E-state index is 13.9. The van der Waals surface area contributed by atoms with Gasteiger partial charge in [-0.25, -0.2) is 4.98 Å². The first kappa shape index (κ1) is 28.9. The van der Waals surface area contributed by atoms with Crippen molar-refractivity contribution in [3.63, 3.8) is 0 Å². The highest BCUT2D eigenvalue weighted by molar-refractivity contribution is 6.66. The molecule has 2 amide bonds. The molecule has 40 heavy (non-hydrogen) atoms. The molecule has 3 heterocycles. The molecule has 1 unspecified atom stereocenters. The lowest BCUT2D eigenvalue weighted by Crippen LogP contribution is -2.72. The molecule has 12 nitrogen and oxygen atoms in total. The number of nitrogens with one attached hydrogen (secondary N) is 2. The molecule has 0 saturated carbocycles. The van der Waals surface area contributed by atoms with Crippen LogP contribution in [0, 0.1) is 5.92 Å². The number of likely N-dealkylation sites (N-methyl/N-ethyl adjacent to an activating group) is 1. The average Bonchev–Trinajstić information content (AvgIpc) is 2.91. The van der Waals surface area contributed by atoms with Gasteiger partial charge in [-0.2, -0.15) is 0 Å². The predicted octanol–water partition coefficient (Wildman–Crippen LogP) is 1.04. The number of ketones is 1. The number of fused-ring (bicyclic) bond motifs is 2. The highest BCUT2D eigenvalue weighted by Gasteiger charge is 2.64. The highest BCUT2D eigenvalue weighted by atomic mass is 16.8. The quantitative estimate of drug-likeness (QED) is 0.306. The van der Waals surface area contributed by atoms with Crippen LogP contribution in [0.4, 0.5) is 0 Å². The molecule has 13 heteroatoms. The van der Waals surface area contributed by atoms with E-state index in [0.717, 1.165) is 5.56 Å². The van der Waals surface area contributed by atoms with Crippen LogP contribution in [-0.2, 0) is 34.9 Å². The Balaban J connectivity index is 1.65. The molecule has 212 valence electrons. The Morgan fingerprint density at radius 2 is 1.88 bits per heavy atom. The van der Waals surface area contributed by atoms with Gasteiger partial charge in [0.25, 0.3) is 11.9 Å². The van der Waals surface area contributed by atoms with Gasteiger partial charge in [0.05, 0.1) is 18.7 Å². The Labute approximate surface area is 231 Å². The van der Waals surface area contributed by atoms with Gasteiger partial charge in [-0.3, -0.25) is 24.2 Å². The Kier molecular flexibility index (Phi) is 8.62. The van der Waals surface area contributed by atoms with Crippen molar-refractivity contribution in [2.75, 3.05) is 7.05 Å². The van der Waals surface area contributed by atoms with Crippen LogP contribution < -0.4 is 10.6 Å². The zero-order valence-electron chi connectivity index (χ0n) is 22.7. The van der Waals surface area contributed by atoms with E-state index in [0.29, 0.717) is 6.42 Å². The molecule has 4 rings (SSSR count). The number of nitrogens with zero attached hydrogens (tertiary/aromatic N) is 2. The standard InChI is InChI=1S/C27H33BN4O8/c1-17(2)11-19(28-38-23(34)14-27(40-28,26(37)29-3)15-24(35)39-28)13-22(33)20(12-18-7-5-4-6-8-18)32-25(36)21-16-30-9-10-31-21/h4-10,16-17,19-20,38H,11-15H2,1-3H3,(H,29,37)(H,32,36)/t19-,20+,27-,28?/m1/s1. The Morgan fingerprint density at radius 3 is 2.52 bits per heavy atom. The van der Waals surface area contributed by atoms with Gasteiger partial charge in [-0.1, -0.05) is 50.6 Å². The Bertz CT molecular complexity index is 1250. The van der Waals surface area contributed by atoms with Gasteiger partial charge in [0.15, 0.2) is 5.78 Å². The van der Waals surface area contributed by atoms with Crippen LogP contribution in [-0.4, -0.2) is 69.6 Å². The van der Waals surface area contributed by atoms with Crippen molar-refractivity contribution in [3.05, 3.63) is 60.2 Å². The van der Waals surface area contributed by atoms with Gasteiger partial charge in [-0.05, 0) is 30.1 Å². The molecule has 2 aliphatic rings. The summed E-state index contributed by atoms with van der Waals surface area (Å²) in [5.41, 5.74) is -0.909. The predicted molar refractivity (Wildman–Crippen MR) is 142 cm³/mol. The average molecular weight is 552 g/mol. The second kappa shape index (κ2) is 11.9. The minimum atomic E-state index is -3.03. The van der Waals surface area contributed by atoms with Crippen molar-refractivity contribution in [1.29, 1.82) is 0 Å². The van der Waals surface area contributed by atoms with Crippen LogP contribution in [0.2, 0.25) is 5.82 Å². The number of amides is 2. The number of hydrogen-bond donors (Lipinski definition) is 2. The fraction of sp³-hybridized carbons (Fsp3) is 0.444. The summed E-state index contributed by atoms with van der Waals surface area (Å²) in [7, 11) is 1.38. The van der Waals surface area contributed by atoms with Crippen molar-refractivity contribution in [3.8, 4) is 0 Å². The van der Waals surface area contributed by atoms with E-state index in [1.165, 1.54) is 25.6 Å². The molecule has 1 aromatic heterocycles. The first-order valence-electron chi connectivity index (χ1n) is 13.2. The third-order valence-electron chi connectivity index (χ3n) is 7.13. The molecule has 2 bridgehead atoms. The van der Waals surface area contributed by atoms with E-state index in [2.05, 4.69) is 25.3 Å². The van der Waals surface area contributed by atoms with E-state index < -0.39 is 60.8 Å². The summed E-state index contributed by atoms with van der Waals surface area (Å²) in [6.45, 7) is 0.785. The minimum Gasteiger partial charge on any atom is -0.718 e. The second-order valence-electron chi connectivity index (χ2n) is 10.7. The van der Waals surface area contributed by atoms with Crippen LogP contribution in [0.5, 0.6) is 0 Å². The maximum absolute atomic E-state index is 13.9. The summed E-state index contributed by atoms with van der Waals surface area (Å²) < 4.78 is 15.9. The van der Waals surface area contributed by atoms with Crippen molar-refractivity contribution >= 4 is 36.3 Å². The van der Waals surface area contributed by atoms with Crippen LogP contribution in [0.1, 0.15) is 55.6 Å². The number of benzene rings is 1. The number of rotatable bonds is 11. The Morgan fingerprint density at radius 1 is 1.12 bits per heavy atom. The van der Waals surface area contributed by atoms with E-state index >= 15 is 0 Å². The number of aromatic nitrogens is 2. The van der Waals surface area contributed by atoms with Gasteiger partial charge in [0, 0.05) is 24.2 Å². The van der Waals surface area contributed by atoms with Crippen molar-refractivity contribution in [2.24, 2.45) is 5.92 Å². The lowest BCUT2D eigenvalue weighted by Gasteiger charge is -2.55. The fourth-order valence-corrected chi connectivity index (χ4v) is 5.39. The maximum Gasteiger partial charge on any atom is 0.576 e. The topological polar surface area (TPSA) is 166 Å². The van der Waals surface area contributed by atoms with Crippen molar-refractivity contribution < 1.29 is 37.9 Å². The summed E-state index contributed by atoms with van der Waals surface area (Å²) in [6.07, 6.45) is 3.50. The smallest absolute Gasteiger partial charge is 0.576 e. The van der Waals surface area contributed by atoms with Crippen molar-refractivity contribution in [1.82, 2.24) is 20.6 Å². The minimum absolute atomic E-state index is 0.0123. The molecule has 2 saturated heterocycles. The van der Waals surface area contributed by atoms with E-state index in [4.69, 9.17) is 9.31 Å². The molecule has 2 aliphatic heterocycles. The number of carbonyl (C=O) groups is 5. The summed E-state index contributed by atoms with van der Waals surface area (Å²) in [6, 6.07) is 8.18. The lowest BCUT2D eigenvalue weighted by atomic mass is 9.55. The molecule has 2 fully saturated rings. The molecule has 2 aromatic rings. The van der Waals surface area contributed by atoms with Crippen LogP contribution in [0.25, 0.3) is 0 Å². The third kappa shape index (κ3) is 6.36. The molecule has 3 N–H and O–H groups in total. The van der Waals surface area contributed by atoms with Gasteiger partial charge in [0.2, 0.25) is 5.91 Å². The van der Waals surface area contributed by atoms with Gasteiger partial charge in [0.1, 0.15) is 17.7 Å². The molecule has 0 spiro atoms. The number of hydrogen-bond acceptors (Lipinski definition) is 9. The number of aliphatic carboxylic acids is 1. The zero-order valence-corrected chi connectivity index (χ0v) is 22.7. The number of carbonyl (C=O) groups excluding carboxylic acids is 4. The lowest BCUT2D eigenvalue weighted by molar-refractivity contribution is -0.201. The normalized spacial score (nSPS) is 23.4. The first-order valence-corrected chi connectivity index (χ1v) is 13.2. The molecule has 4 atom stereocenters. The fourth-order valence-electron chi connectivity index (χ4n) is 5.39. The van der Waals surface area contributed by atoms with E-state index in [9.17, 15) is 24.0 Å². The van der Waals surface area contributed by atoms with Crippen LogP contribution in [0.15, 0.2) is 48.9 Å². The summed E-state index contributed by atoms with van der Waals surface area (Å²) in [4.78, 5) is 73.2. The molecule has 1 aromatic carbocycles. The van der Waals surface area contributed by atoms with E-state index in [1.807, 2.05) is 44.2 Å². The molecular formula is C27H33BN4O8. The van der Waals surface area contributed by atoms with Crippen LogP contribution in [0.3, 0.4) is 0 Å². The highest BCUT2D eigenvalue weighted by Crippen LogP contribution is 2.45. The molecule has 0 aliphatic carbocycles. The van der Waals surface area contributed by atoms with Crippen molar-refractivity contribution in [2.45, 2.75) is 63.4 Å². The van der Waals surface area contributed by atoms with Gasteiger partial charge >= 0.3 is 12.7 Å². The molecular weight excluding hydrogens is 519 g/mol. The van der Waals surface area contributed by atoms with E-state index in [-0.39, 0.29) is 30.2 Å². The number of carboxylic acids is 1. The second-order valence-corrected chi connectivity index (χ2v) is 10.7. The SMILES string of the molecule is CNC(=O)[C@@]12CC(=O)O[B-]([C@@H](CC(=O)[C@H](Cc3ccccc3)NC(=O)c3cnccn3)CC(C)C)(O1)[OH+]C(=O)C2. The largest absolute Gasteiger partial charge is 0.718 e. The molecule has 0 radical (unpaired) electrons.